The first kappa shape index (κ1) is 13.3. The molecule has 2 aromatic carbocycles. The lowest BCUT2D eigenvalue weighted by molar-refractivity contribution is -0.384. The van der Waals surface area contributed by atoms with Crippen LogP contribution in [0.1, 0.15) is 17.5 Å². The number of imidazole rings is 1. The van der Waals surface area contributed by atoms with E-state index in [0.29, 0.717) is 11.3 Å². The van der Waals surface area contributed by atoms with Gasteiger partial charge in [-0.15, -0.1) is 0 Å². The van der Waals surface area contributed by atoms with Crippen molar-refractivity contribution in [2.75, 3.05) is 0 Å². The highest BCUT2D eigenvalue weighted by Gasteiger charge is 2.19. The molecular formula is C15H13N3O3. The molecule has 1 atom stereocenters. The molecule has 1 N–H and O–H groups in total. The Morgan fingerprint density at radius 3 is 2.62 bits per heavy atom. The first-order valence-electron chi connectivity index (χ1n) is 6.41. The SMILES string of the molecule is Cn1c(C(O)c2ccccc2)nc2cc([N+](=O)[O-])ccc21. The van der Waals surface area contributed by atoms with Gasteiger partial charge in [0.05, 0.1) is 16.0 Å². The number of non-ortho nitro benzene ring substituents is 1. The van der Waals surface area contributed by atoms with Crippen molar-refractivity contribution in [1.82, 2.24) is 9.55 Å². The summed E-state index contributed by atoms with van der Waals surface area (Å²) in [5.41, 5.74) is 1.95. The summed E-state index contributed by atoms with van der Waals surface area (Å²) in [6.07, 6.45) is -0.873. The van der Waals surface area contributed by atoms with Crippen molar-refractivity contribution in [1.29, 1.82) is 0 Å². The van der Waals surface area contributed by atoms with Gasteiger partial charge in [0, 0.05) is 19.2 Å². The maximum atomic E-state index is 10.8. The number of hydrogen-bond donors (Lipinski definition) is 1. The van der Waals surface area contributed by atoms with Gasteiger partial charge in [-0.25, -0.2) is 4.98 Å². The molecule has 1 unspecified atom stereocenters. The predicted molar refractivity (Wildman–Crippen MR) is 77.9 cm³/mol. The Kier molecular flexibility index (Phi) is 3.15. The summed E-state index contributed by atoms with van der Waals surface area (Å²) in [6, 6.07) is 13.7. The topological polar surface area (TPSA) is 81.2 Å². The number of aliphatic hydroxyl groups is 1. The molecule has 0 saturated heterocycles. The minimum atomic E-state index is -0.873. The minimum absolute atomic E-state index is 0.0126. The third-order valence-corrected chi connectivity index (χ3v) is 3.47. The van der Waals surface area contributed by atoms with Crippen molar-refractivity contribution < 1.29 is 10.0 Å². The number of aliphatic hydroxyl groups excluding tert-OH is 1. The van der Waals surface area contributed by atoms with Crippen LogP contribution in [-0.2, 0) is 7.05 Å². The van der Waals surface area contributed by atoms with Crippen LogP contribution in [0.2, 0.25) is 0 Å². The summed E-state index contributed by atoms with van der Waals surface area (Å²) in [6.45, 7) is 0. The lowest BCUT2D eigenvalue weighted by Gasteiger charge is -2.10. The van der Waals surface area contributed by atoms with Crippen LogP contribution in [0.15, 0.2) is 48.5 Å². The van der Waals surface area contributed by atoms with Gasteiger partial charge in [0.2, 0.25) is 0 Å². The highest BCUT2D eigenvalue weighted by atomic mass is 16.6. The summed E-state index contributed by atoms with van der Waals surface area (Å²) in [4.78, 5) is 14.7. The number of hydrogen-bond acceptors (Lipinski definition) is 4. The highest BCUT2D eigenvalue weighted by Crippen LogP contribution is 2.26. The summed E-state index contributed by atoms with van der Waals surface area (Å²) in [5, 5.41) is 21.2. The van der Waals surface area contributed by atoms with Crippen molar-refractivity contribution >= 4 is 16.7 Å². The smallest absolute Gasteiger partial charge is 0.271 e. The van der Waals surface area contributed by atoms with E-state index < -0.39 is 11.0 Å². The van der Waals surface area contributed by atoms with E-state index in [-0.39, 0.29) is 5.69 Å². The van der Waals surface area contributed by atoms with Gasteiger partial charge < -0.3 is 9.67 Å². The number of aryl methyl sites for hydroxylation is 1. The monoisotopic (exact) mass is 283 g/mol. The van der Waals surface area contributed by atoms with Crippen molar-refractivity contribution in [2.45, 2.75) is 6.10 Å². The normalized spacial score (nSPS) is 12.5. The third kappa shape index (κ3) is 2.25. The van der Waals surface area contributed by atoms with E-state index in [1.54, 1.807) is 17.7 Å². The minimum Gasteiger partial charge on any atom is -0.380 e. The van der Waals surface area contributed by atoms with Crippen molar-refractivity contribution in [3.63, 3.8) is 0 Å². The molecule has 6 heteroatoms. The van der Waals surface area contributed by atoms with E-state index in [2.05, 4.69) is 4.98 Å². The molecule has 3 rings (SSSR count). The predicted octanol–water partition coefficient (Wildman–Crippen LogP) is 2.56. The van der Waals surface area contributed by atoms with E-state index in [9.17, 15) is 15.2 Å². The molecular weight excluding hydrogens is 270 g/mol. The second-order valence-electron chi connectivity index (χ2n) is 4.77. The number of nitro benzene ring substituents is 1. The molecule has 0 saturated carbocycles. The van der Waals surface area contributed by atoms with Gasteiger partial charge >= 0.3 is 0 Å². The maximum Gasteiger partial charge on any atom is 0.271 e. The van der Waals surface area contributed by atoms with Gasteiger partial charge in [-0.05, 0) is 11.6 Å². The molecule has 0 spiro atoms. The average molecular weight is 283 g/mol. The molecule has 3 aromatic rings. The largest absolute Gasteiger partial charge is 0.380 e. The Labute approximate surface area is 120 Å². The first-order valence-corrected chi connectivity index (χ1v) is 6.41. The van der Waals surface area contributed by atoms with Crippen molar-refractivity contribution in [3.8, 4) is 0 Å². The maximum absolute atomic E-state index is 10.8. The van der Waals surface area contributed by atoms with Crippen LogP contribution < -0.4 is 0 Å². The van der Waals surface area contributed by atoms with Crippen LogP contribution in [0.4, 0.5) is 5.69 Å². The standard InChI is InChI=1S/C15H13N3O3/c1-17-13-8-7-11(18(20)21)9-12(13)16-15(17)14(19)10-5-3-2-4-6-10/h2-9,14,19H,1H3. The van der Waals surface area contributed by atoms with E-state index in [0.717, 1.165) is 11.1 Å². The Morgan fingerprint density at radius 2 is 1.95 bits per heavy atom. The molecule has 106 valence electrons. The van der Waals surface area contributed by atoms with Gasteiger partial charge in [-0.3, -0.25) is 10.1 Å². The molecule has 0 radical (unpaired) electrons. The van der Waals surface area contributed by atoms with E-state index in [1.165, 1.54) is 12.1 Å². The van der Waals surface area contributed by atoms with Gasteiger partial charge in [0.25, 0.3) is 5.69 Å². The lowest BCUT2D eigenvalue weighted by Crippen LogP contribution is -2.06. The van der Waals surface area contributed by atoms with E-state index >= 15 is 0 Å². The van der Waals surface area contributed by atoms with Crippen molar-refractivity contribution in [3.05, 3.63) is 70.0 Å². The number of aromatic nitrogens is 2. The van der Waals surface area contributed by atoms with Gasteiger partial charge in [-0.2, -0.15) is 0 Å². The number of nitrogens with zero attached hydrogens (tertiary/aromatic N) is 3. The van der Waals surface area contributed by atoms with Crippen LogP contribution in [-0.4, -0.2) is 19.6 Å². The molecule has 1 heterocycles. The Balaban J connectivity index is 2.11. The quantitative estimate of drug-likeness (QED) is 0.591. The fourth-order valence-corrected chi connectivity index (χ4v) is 2.35. The van der Waals surface area contributed by atoms with E-state index in [4.69, 9.17) is 0 Å². The first-order chi connectivity index (χ1) is 10.1. The fourth-order valence-electron chi connectivity index (χ4n) is 2.35. The van der Waals surface area contributed by atoms with Crippen LogP contribution in [0.3, 0.4) is 0 Å². The van der Waals surface area contributed by atoms with Crippen molar-refractivity contribution in [2.24, 2.45) is 7.05 Å². The summed E-state index contributed by atoms with van der Waals surface area (Å²) >= 11 is 0. The fraction of sp³-hybridized carbons (Fsp3) is 0.133. The van der Waals surface area contributed by atoms with Gasteiger partial charge in [-0.1, -0.05) is 30.3 Å². The molecule has 21 heavy (non-hydrogen) atoms. The zero-order valence-corrected chi connectivity index (χ0v) is 11.3. The van der Waals surface area contributed by atoms with Crippen LogP contribution in [0.25, 0.3) is 11.0 Å². The summed E-state index contributed by atoms with van der Waals surface area (Å²) < 4.78 is 1.75. The zero-order chi connectivity index (χ0) is 15.0. The lowest BCUT2D eigenvalue weighted by atomic mass is 10.1. The third-order valence-electron chi connectivity index (χ3n) is 3.47. The molecule has 1 aromatic heterocycles. The average Bonchev–Trinajstić information content (AvgIpc) is 2.84. The summed E-state index contributed by atoms with van der Waals surface area (Å²) in [7, 11) is 1.78. The molecule has 0 aliphatic rings. The Bertz CT molecular complexity index is 812. The van der Waals surface area contributed by atoms with E-state index in [1.807, 2.05) is 30.3 Å². The highest BCUT2D eigenvalue weighted by molar-refractivity contribution is 5.78. The number of rotatable bonds is 3. The Hall–Kier alpha value is -2.73. The Morgan fingerprint density at radius 1 is 1.24 bits per heavy atom. The van der Waals surface area contributed by atoms with Crippen LogP contribution >= 0.6 is 0 Å². The summed E-state index contributed by atoms with van der Waals surface area (Å²) in [5.74, 6) is 0.455. The zero-order valence-electron chi connectivity index (χ0n) is 11.3. The van der Waals surface area contributed by atoms with Gasteiger partial charge in [0.15, 0.2) is 0 Å². The second-order valence-corrected chi connectivity index (χ2v) is 4.77. The number of benzene rings is 2. The molecule has 0 aliphatic heterocycles. The molecule has 6 nitrogen and oxygen atoms in total. The van der Waals surface area contributed by atoms with Crippen LogP contribution in [0.5, 0.6) is 0 Å². The van der Waals surface area contributed by atoms with Crippen LogP contribution in [0, 0.1) is 10.1 Å². The number of nitro groups is 1. The molecule has 0 aliphatic carbocycles. The molecule has 0 amide bonds. The number of fused-ring (bicyclic) bond motifs is 1. The van der Waals surface area contributed by atoms with Gasteiger partial charge in [0.1, 0.15) is 11.9 Å². The second kappa shape index (κ2) is 4.99. The molecule has 0 fully saturated rings. The molecule has 0 bridgehead atoms.